The summed E-state index contributed by atoms with van der Waals surface area (Å²) >= 11 is 0.500. The molecule has 52 heavy (non-hydrogen) atoms. The predicted octanol–water partition coefficient (Wildman–Crippen LogP) is 9.69. The fourth-order valence-electron chi connectivity index (χ4n) is 6.69. The Hall–Kier alpha value is -5.94. The van der Waals surface area contributed by atoms with Crippen LogP contribution in [0.4, 0.5) is 0 Å². The fourth-order valence-corrected chi connectivity index (χ4v) is 6.69. The number of rotatable bonds is 4. The van der Waals surface area contributed by atoms with Crippen molar-refractivity contribution in [3.63, 3.8) is 0 Å². The summed E-state index contributed by atoms with van der Waals surface area (Å²) in [7, 11) is 1.00. The first-order valence-electron chi connectivity index (χ1n) is 16.7. The van der Waals surface area contributed by atoms with Crippen LogP contribution in [0.5, 0.6) is 0 Å². The van der Waals surface area contributed by atoms with Gasteiger partial charge in [-0.25, -0.2) is 9.97 Å². The van der Waals surface area contributed by atoms with Gasteiger partial charge in [0.15, 0.2) is 0 Å². The van der Waals surface area contributed by atoms with Crippen LogP contribution in [-0.2, 0) is 3.02 Å². The van der Waals surface area contributed by atoms with E-state index in [0.29, 0.717) is 23.0 Å². The van der Waals surface area contributed by atoms with Crippen molar-refractivity contribution in [2.45, 2.75) is 0 Å². The van der Waals surface area contributed by atoms with Crippen LogP contribution in [0.1, 0.15) is 22.8 Å². The van der Waals surface area contributed by atoms with E-state index < -0.39 is 0 Å². The van der Waals surface area contributed by atoms with E-state index in [-0.39, 0.29) is 0 Å². The van der Waals surface area contributed by atoms with Crippen LogP contribution in [-0.4, -0.2) is 45.2 Å². The van der Waals surface area contributed by atoms with E-state index in [9.17, 15) is 0 Å². The molecule has 251 valence electrons. The number of hydrogen-bond donors (Lipinski definition) is 1. The van der Waals surface area contributed by atoms with Crippen LogP contribution in [0, 0.1) is 0 Å². The van der Waals surface area contributed by atoms with Crippen LogP contribution in [0.2, 0.25) is 0 Å². The van der Waals surface area contributed by atoms with Crippen molar-refractivity contribution < 1.29 is 8.12 Å². The van der Waals surface area contributed by atoms with E-state index in [1.807, 2.05) is 24.3 Å². The third kappa shape index (κ3) is 6.74. The Morgan fingerprint density at radius 2 is 0.577 bits per heavy atom. The summed E-state index contributed by atoms with van der Waals surface area (Å²) in [5.74, 6) is 0. The Morgan fingerprint density at radius 3 is 0.788 bits per heavy atom. The second-order valence-electron chi connectivity index (χ2n) is 11.8. The summed E-state index contributed by atoms with van der Waals surface area (Å²) in [5, 5.41) is 7.00. The monoisotopic (exact) mass is 781 g/mol. The fraction of sp³-hybridized carbons (Fsp3) is 0.0222. The molecule has 6 nitrogen and oxygen atoms in total. The van der Waals surface area contributed by atoms with Gasteiger partial charge in [-0.3, -0.25) is 0 Å². The molecule has 1 N–H and O–H groups in total. The predicted molar refractivity (Wildman–Crippen MR) is 213 cm³/mol. The Labute approximate surface area is 315 Å². The molecule has 0 amide bonds. The topological polar surface area (TPSA) is 91.3 Å². The van der Waals surface area contributed by atoms with E-state index in [1.54, 1.807) is 0 Å². The number of fused-ring (bicyclic) bond motifs is 8. The standard InChI is InChI=1S/C44H28N4.CH4O.O.Sb/c1-5-13-29(14-6-1)41-33-21-23-35(45-33)42(30-15-7-2-8-16-30)37-25-27-39(47-37)44(32-19-11-4-12-20-32)40-28-26-38(48-40)43(31-17-9-3-10-18-31)36-24-22-34(41)46-36;1-2;;/h1-28H;2H,1H3;;/q-2;;;. The normalized spacial score (nSPS) is 11.3. The molecule has 0 saturated carbocycles. The Bertz CT molecular complexity index is 2210. The zero-order chi connectivity index (χ0) is 35.9. The number of aromatic nitrogens is 4. The van der Waals surface area contributed by atoms with Gasteiger partial charge in [0.25, 0.3) is 0 Å². The Kier molecular flexibility index (Phi) is 10.6. The van der Waals surface area contributed by atoms with Gasteiger partial charge in [0.1, 0.15) is 0 Å². The molecule has 0 spiro atoms. The minimum absolute atomic E-state index is 0.500. The average molecular weight is 783 g/mol. The Morgan fingerprint density at radius 1 is 0.365 bits per heavy atom. The van der Waals surface area contributed by atoms with Gasteiger partial charge in [-0.15, -0.1) is 22.1 Å². The number of benzene rings is 4. The summed E-state index contributed by atoms with van der Waals surface area (Å²) in [4.78, 5) is 21.2. The molecule has 2 aliphatic heterocycles. The third-order valence-electron chi connectivity index (χ3n) is 8.86. The van der Waals surface area contributed by atoms with Crippen molar-refractivity contribution in [1.82, 2.24) is 19.9 Å². The molecule has 0 fully saturated rings. The molecule has 3 aromatic heterocycles. The molecule has 0 atom stereocenters. The average Bonchev–Trinajstić information content (AvgIpc) is 4.06. The van der Waals surface area contributed by atoms with Crippen LogP contribution < -0.4 is 9.97 Å². The third-order valence-corrected chi connectivity index (χ3v) is 8.86. The van der Waals surface area contributed by atoms with Gasteiger partial charge >= 0.3 is 26.0 Å². The molecule has 9 rings (SSSR count). The summed E-state index contributed by atoms with van der Waals surface area (Å²) in [5.41, 5.74) is 15.0. The van der Waals surface area contributed by atoms with E-state index in [2.05, 4.69) is 146 Å². The minimum atomic E-state index is 0.500. The number of nitrogens with zero attached hydrogens (tertiary/aromatic N) is 4. The van der Waals surface area contributed by atoms with E-state index >= 15 is 0 Å². The maximum atomic E-state index is 8.30. The summed E-state index contributed by atoms with van der Waals surface area (Å²) < 4.78 is 8.30. The molecule has 1 radical (unpaired) electrons. The van der Waals surface area contributed by atoms with Gasteiger partial charge in [0, 0.05) is 7.11 Å². The van der Waals surface area contributed by atoms with Gasteiger partial charge in [0.2, 0.25) is 0 Å². The molecular formula is C45H32N4O2Sb-2. The van der Waals surface area contributed by atoms with Crippen molar-refractivity contribution in [1.29, 1.82) is 0 Å². The zero-order valence-electron chi connectivity index (χ0n) is 28.3. The van der Waals surface area contributed by atoms with E-state index in [0.717, 1.165) is 96.5 Å². The van der Waals surface area contributed by atoms with Crippen molar-refractivity contribution in [3.05, 3.63) is 168 Å². The first kappa shape index (κ1) is 34.5. The van der Waals surface area contributed by atoms with Gasteiger partial charge < -0.3 is 15.1 Å². The van der Waals surface area contributed by atoms with Gasteiger partial charge in [-0.2, -0.15) is 0 Å². The second-order valence-corrected chi connectivity index (χ2v) is 11.8. The second kappa shape index (κ2) is 15.9. The van der Waals surface area contributed by atoms with Crippen LogP contribution in [0.3, 0.4) is 0 Å². The molecule has 7 aromatic rings. The SMILES string of the molecule is C1=Cc2nc1c(-c1ccccc1)c1ccc([n-]1)c(-c1ccccc1)c1nc(c(-c3ccccc3)c3ccc([n-]3)c2-c2ccccc2)C=C1.CO.[O]=[Sb]. The molecule has 0 aliphatic carbocycles. The van der Waals surface area contributed by atoms with Crippen molar-refractivity contribution in [3.8, 4) is 44.5 Å². The molecule has 2 aliphatic rings. The molecule has 5 heterocycles. The molecule has 0 unspecified atom stereocenters. The number of hydrogen-bond acceptors (Lipinski definition) is 4. The first-order chi connectivity index (χ1) is 25.8. The van der Waals surface area contributed by atoms with E-state index in [4.69, 9.17) is 28.1 Å². The van der Waals surface area contributed by atoms with E-state index in [1.165, 1.54) is 0 Å². The quantitative estimate of drug-likeness (QED) is 0.179. The van der Waals surface area contributed by atoms with Crippen molar-refractivity contribution in [2.24, 2.45) is 0 Å². The van der Waals surface area contributed by atoms with Crippen molar-refractivity contribution in [2.75, 3.05) is 7.11 Å². The van der Waals surface area contributed by atoms with Gasteiger partial charge in [-0.1, -0.05) is 146 Å². The van der Waals surface area contributed by atoms with Gasteiger partial charge in [0.05, 0.1) is 22.8 Å². The van der Waals surface area contributed by atoms with Crippen LogP contribution in [0.15, 0.2) is 146 Å². The Balaban J connectivity index is 0.00000102. The summed E-state index contributed by atoms with van der Waals surface area (Å²) in [6.45, 7) is 0. The molecule has 0 saturated heterocycles. The number of aliphatic hydroxyl groups is 1. The van der Waals surface area contributed by atoms with Gasteiger partial charge in [-0.05, 0) is 68.8 Å². The number of aliphatic hydroxyl groups excluding tert-OH is 1. The molecule has 8 bridgehead atoms. The van der Waals surface area contributed by atoms with Crippen molar-refractivity contribution >= 4 is 69.4 Å². The van der Waals surface area contributed by atoms with Crippen LogP contribution >= 0.6 is 0 Å². The van der Waals surface area contributed by atoms with Crippen LogP contribution in [0.25, 0.3) is 90.9 Å². The summed E-state index contributed by atoms with van der Waals surface area (Å²) in [6, 6.07) is 50.0. The first-order valence-corrected chi connectivity index (χ1v) is 17.7. The zero-order valence-corrected chi connectivity index (χ0v) is 30.8. The molecular weight excluding hydrogens is 750 g/mol. The maximum absolute atomic E-state index is 8.30. The molecule has 4 aromatic carbocycles. The summed E-state index contributed by atoms with van der Waals surface area (Å²) in [6.07, 6.45) is 8.41. The molecule has 7 heteroatoms.